The van der Waals surface area contributed by atoms with E-state index in [1.54, 1.807) is 6.08 Å². The Balaban J connectivity index is 1.82. The number of H-pyrrole nitrogens is 1. The van der Waals surface area contributed by atoms with Crippen LogP contribution in [0.2, 0.25) is 0 Å². The summed E-state index contributed by atoms with van der Waals surface area (Å²) in [4.78, 5) is 39.6. The summed E-state index contributed by atoms with van der Waals surface area (Å²) in [6.45, 7) is 3.85. The molecular weight excluding hydrogens is 383 g/mol. The molecule has 0 radical (unpaired) electrons. The molecular formula is C19H15FN4O3S. The lowest BCUT2D eigenvalue weighted by Crippen LogP contribution is -2.42. The van der Waals surface area contributed by atoms with Gasteiger partial charge in [0.15, 0.2) is 4.77 Å². The van der Waals surface area contributed by atoms with Gasteiger partial charge >= 0.3 is 0 Å². The number of allylic oxidation sites excluding steroid dienone is 1. The highest BCUT2D eigenvalue weighted by atomic mass is 32.1. The number of aromatic nitrogens is 2. The Kier molecular flexibility index (Phi) is 5.46. The molecule has 142 valence electrons. The number of rotatable bonds is 4. The third kappa shape index (κ3) is 3.74. The number of amides is 2. The van der Waals surface area contributed by atoms with E-state index in [1.165, 1.54) is 41.0 Å². The molecule has 3 N–H and O–H groups in total. The average Bonchev–Trinajstić information content (AvgIpc) is 2.69. The van der Waals surface area contributed by atoms with Gasteiger partial charge in [-0.2, -0.15) is 0 Å². The van der Waals surface area contributed by atoms with E-state index in [4.69, 9.17) is 12.2 Å². The van der Waals surface area contributed by atoms with Gasteiger partial charge in [0.2, 0.25) is 0 Å². The van der Waals surface area contributed by atoms with Crippen molar-refractivity contribution in [3.63, 3.8) is 0 Å². The molecule has 3 aromatic rings. The number of aromatic amines is 1. The molecule has 0 saturated heterocycles. The molecule has 0 spiro atoms. The molecule has 1 heterocycles. The summed E-state index contributed by atoms with van der Waals surface area (Å²) >= 11 is 5.16. The Morgan fingerprint density at radius 3 is 2.61 bits per heavy atom. The quantitative estimate of drug-likeness (QED) is 0.357. The van der Waals surface area contributed by atoms with Gasteiger partial charge in [-0.05, 0) is 42.5 Å². The van der Waals surface area contributed by atoms with Crippen LogP contribution in [0.4, 0.5) is 4.39 Å². The van der Waals surface area contributed by atoms with Gasteiger partial charge in [0.25, 0.3) is 17.4 Å². The van der Waals surface area contributed by atoms with Crippen LogP contribution in [0.15, 0.2) is 59.9 Å². The molecule has 0 bridgehead atoms. The zero-order chi connectivity index (χ0) is 20.3. The zero-order valence-corrected chi connectivity index (χ0v) is 15.3. The molecule has 3 rings (SSSR count). The van der Waals surface area contributed by atoms with E-state index >= 15 is 0 Å². The van der Waals surface area contributed by atoms with E-state index < -0.39 is 17.6 Å². The first-order valence-corrected chi connectivity index (χ1v) is 8.56. The Morgan fingerprint density at radius 2 is 1.89 bits per heavy atom. The number of fused-ring (bicyclic) bond motifs is 1. The smallest absolute Gasteiger partial charge is 0.272 e. The number of hydrazine groups is 1. The predicted molar refractivity (Wildman–Crippen MR) is 105 cm³/mol. The summed E-state index contributed by atoms with van der Waals surface area (Å²) in [6.07, 6.45) is 1.55. The SMILES string of the molecule is C=CCn1c(=S)[nH]c2cc(C(=O)NNC(=O)c3ccccc3F)ccc2c1=O. The van der Waals surface area contributed by atoms with Crippen molar-refractivity contribution in [1.82, 2.24) is 20.4 Å². The van der Waals surface area contributed by atoms with Crippen LogP contribution in [-0.2, 0) is 6.54 Å². The molecule has 2 aromatic carbocycles. The molecule has 1 aromatic heterocycles. The van der Waals surface area contributed by atoms with E-state index in [9.17, 15) is 18.8 Å². The highest BCUT2D eigenvalue weighted by molar-refractivity contribution is 7.71. The molecule has 0 aliphatic rings. The van der Waals surface area contributed by atoms with Crippen LogP contribution in [-0.4, -0.2) is 21.4 Å². The van der Waals surface area contributed by atoms with Gasteiger partial charge in [-0.3, -0.25) is 29.8 Å². The number of nitrogens with zero attached hydrogens (tertiary/aromatic N) is 1. The van der Waals surface area contributed by atoms with Crippen LogP contribution in [0.5, 0.6) is 0 Å². The molecule has 2 amide bonds. The van der Waals surface area contributed by atoms with Crippen molar-refractivity contribution in [2.75, 3.05) is 0 Å². The maximum absolute atomic E-state index is 13.6. The highest BCUT2D eigenvalue weighted by Gasteiger charge is 2.13. The van der Waals surface area contributed by atoms with Crippen molar-refractivity contribution < 1.29 is 14.0 Å². The number of nitrogens with one attached hydrogen (secondary N) is 3. The topological polar surface area (TPSA) is 96.0 Å². The largest absolute Gasteiger partial charge is 0.332 e. The van der Waals surface area contributed by atoms with Gasteiger partial charge < -0.3 is 4.98 Å². The normalized spacial score (nSPS) is 10.5. The minimum absolute atomic E-state index is 0.174. The van der Waals surface area contributed by atoms with Gasteiger partial charge in [0.05, 0.1) is 16.5 Å². The van der Waals surface area contributed by atoms with Crippen LogP contribution in [0.25, 0.3) is 10.9 Å². The van der Waals surface area contributed by atoms with Crippen LogP contribution in [0.3, 0.4) is 0 Å². The first kappa shape index (κ1) is 19.2. The maximum atomic E-state index is 13.6. The van der Waals surface area contributed by atoms with Crippen molar-refractivity contribution in [2.24, 2.45) is 0 Å². The molecule has 0 atom stereocenters. The van der Waals surface area contributed by atoms with Crippen LogP contribution >= 0.6 is 12.2 Å². The van der Waals surface area contributed by atoms with E-state index in [0.717, 1.165) is 6.07 Å². The van der Waals surface area contributed by atoms with Gasteiger partial charge in [-0.25, -0.2) is 4.39 Å². The molecule has 0 aliphatic heterocycles. The lowest BCUT2D eigenvalue weighted by Gasteiger charge is -2.09. The van der Waals surface area contributed by atoms with Crippen molar-refractivity contribution in [1.29, 1.82) is 0 Å². The van der Waals surface area contributed by atoms with Crippen molar-refractivity contribution in [3.05, 3.63) is 87.2 Å². The Morgan fingerprint density at radius 1 is 1.18 bits per heavy atom. The number of halogens is 1. The van der Waals surface area contributed by atoms with Crippen LogP contribution in [0, 0.1) is 10.6 Å². The molecule has 0 saturated carbocycles. The number of benzene rings is 2. The minimum atomic E-state index is -0.793. The fraction of sp³-hybridized carbons (Fsp3) is 0.0526. The summed E-state index contributed by atoms with van der Waals surface area (Å²) in [5.74, 6) is -2.14. The number of carbonyl (C=O) groups is 2. The molecule has 0 aliphatic carbocycles. The van der Waals surface area contributed by atoms with Crippen molar-refractivity contribution in [3.8, 4) is 0 Å². The third-order valence-corrected chi connectivity index (χ3v) is 4.29. The van der Waals surface area contributed by atoms with Crippen molar-refractivity contribution >= 4 is 34.9 Å². The second kappa shape index (κ2) is 7.97. The lowest BCUT2D eigenvalue weighted by molar-refractivity contribution is 0.0844. The summed E-state index contributed by atoms with van der Waals surface area (Å²) in [5, 5.41) is 0.349. The van der Waals surface area contributed by atoms with Gasteiger partial charge in [0.1, 0.15) is 5.82 Å². The molecule has 0 fully saturated rings. The third-order valence-electron chi connectivity index (χ3n) is 3.96. The minimum Gasteiger partial charge on any atom is -0.332 e. The van der Waals surface area contributed by atoms with E-state index in [1.807, 2.05) is 0 Å². The van der Waals surface area contributed by atoms with Crippen LogP contribution in [0.1, 0.15) is 20.7 Å². The Bertz CT molecular complexity index is 1220. The standard InChI is InChI=1S/C19H15FN4O3S/c1-2-9-24-18(27)13-8-7-11(10-15(13)21-19(24)28)16(25)22-23-17(26)12-5-3-4-6-14(12)20/h2-8,10H,1,9H2,(H,21,28)(H,22,25)(H,23,26). The Labute approximate surface area is 163 Å². The highest BCUT2D eigenvalue weighted by Crippen LogP contribution is 2.11. The molecule has 28 heavy (non-hydrogen) atoms. The monoisotopic (exact) mass is 398 g/mol. The molecule has 9 heteroatoms. The second-order valence-electron chi connectivity index (χ2n) is 5.78. The number of carbonyl (C=O) groups excluding carboxylic acids is 2. The maximum Gasteiger partial charge on any atom is 0.272 e. The first-order chi connectivity index (χ1) is 13.4. The first-order valence-electron chi connectivity index (χ1n) is 8.15. The van der Waals surface area contributed by atoms with Crippen LogP contribution < -0.4 is 16.4 Å². The van der Waals surface area contributed by atoms with E-state index in [-0.39, 0.29) is 28.0 Å². The fourth-order valence-corrected chi connectivity index (χ4v) is 2.86. The predicted octanol–water partition coefficient (Wildman–Crippen LogP) is 2.46. The summed E-state index contributed by atoms with van der Waals surface area (Å²) in [5.41, 5.74) is 4.40. The summed E-state index contributed by atoms with van der Waals surface area (Å²) in [7, 11) is 0. The average molecular weight is 398 g/mol. The van der Waals surface area contributed by atoms with E-state index in [0.29, 0.717) is 10.9 Å². The molecule has 0 unspecified atom stereocenters. The van der Waals surface area contributed by atoms with Gasteiger partial charge in [0, 0.05) is 12.1 Å². The van der Waals surface area contributed by atoms with E-state index in [2.05, 4.69) is 22.4 Å². The number of hydrogen-bond donors (Lipinski definition) is 3. The number of hydrogen-bond acceptors (Lipinski definition) is 4. The summed E-state index contributed by atoms with van der Waals surface area (Å²) in [6, 6.07) is 9.74. The van der Waals surface area contributed by atoms with Gasteiger partial charge in [-0.15, -0.1) is 6.58 Å². The second-order valence-corrected chi connectivity index (χ2v) is 6.17. The lowest BCUT2D eigenvalue weighted by atomic mass is 10.1. The molecule has 7 nitrogen and oxygen atoms in total. The van der Waals surface area contributed by atoms with Crippen molar-refractivity contribution in [2.45, 2.75) is 6.54 Å². The Hall–Kier alpha value is -3.59. The summed E-state index contributed by atoms with van der Waals surface area (Å²) < 4.78 is 15.1. The zero-order valence-electron chi connectivity index (χ0n) is 14.5. The van der Waals surface area contributed by atoms with Gasteiger partial charge in [-0.1, -0.05) is 18.2 Å². The fourth-order valence-electron chi connectivity index (χ4n) is 2.59.